The molecule has 0 N–H and O–H groups in total. The van der Waals surface area contributed by atoms with E-state index in [4.69, 9.17) is 0 Å². The van der Waals surface area contributed by atoms with E-state index >= 15 is 0 Å². The standard InChI is InChI=1S/C29H26NSe/c1-30(2)25-16-13-21(14-17-25)19-24-15-18-26-27(22-9-5-3-6-10-22)20-28(31-29(24)26)23-11-7-4-8-12-23/h3-14,16-17,19-20H,15,18H2,1-2H3/q+1. The van der Waals surface area contributed by atoms with Gasteiger partial charge in [0, 0.05) is 0 Å². The van der Waals surface area contributed by atoms with Crippen molar-refractivity contribution in [2.75, 3.05) is 14.1 Å². The first kappa shape index (κ1) is 20.0. The Morgan fingerprint density at radius 1 is 0.774 bits per heavy atom. The van der Waals surface area contributed by atoms with Gasteiger partial charge in [-0.05, 0) is 0 Å². The van der Waals surface area contributed by atoms with Gasteiger partial charge in [-0.1, -0.05) is 0 Å². The Labute approximate surface area is 191 Å². The van der Waals surface area contributed by atoms with Crippen molar-refractivity contribution < 1.29 is 4.58 Å². The quantitative estimate of drug-likeness (QED) is 0.384. The van der Waals surface area contributed by atoms with E-state index in [1.807, 2.05) is 0 Å². The normalized spacial score (nSPS) is 17.8. The third-order valence-corrected chi connectivity index (χ3v) is 8.61. The molecule has 0 saturated heterocycles. The van der Waals surface area contributed by atoms with E-state index in [0.29, 0.717) is 15.0 Å². The monoisotopic (exact) mass is 468 g/mol. The van der Waals surface area contributed by atoms with Crippen molar-refractivity contribution in [2.45, 2.75) is 12.8 Å². The second-order valence-electron chi connectivity index (χ2n) is 8.22. The SMILES string of the molecule is C[N+](C)=C1C=CC(=CC2=C3[Se]C(c4ccccc4)=CC(c4ccccc4)=C3CC2)C=C1. The average molecular weight is 467 g/mol. The van der Waals surface area contributed by atoms with Crippen molar-refractivity contribution in [3.63, 3.8) is 0 Å². The van der Waals surface area contributed by atoms with Crippen LogP contribution in [0.25, 0.3) is 10.0 Å². The van der Waals surface area contributed by atoms with Crippen molar-refractivity contribution in [3.05, 3.63) is 129 Å². The Kier molecular flexibility index (Phi) is 5.59. The molecule has 0 radical (unpaired) electrons. The fourth-order valence-corrected chi connectivity index (χ4v) is 6.93. The van der Waals surface area contributed by atoms with E-state index in [-0.39, 0.29) is 0 Å². The third kappa shape index (κ3) is 4.14. The summed E-state index contributed by atoms with van der Waals surface area (Å²) in [6.07, 6.45) is 16.0. The van der Waals surface area contributed by atoms with E-state index in [2.05, 4.69) is 116 Å². The molecule has 2 aliphatic carbocycles. The predicted molar refractivity (Wildman–Crippen MR) is 133 cm³/mol. The van der Waals surface area contributed by atoms with Crippen LogP contribution in [-0.4, -0.2) is 39.3 Å². The van der Waals surface area contributed by atoms with E-state index < -0.39 is 0 Å². The van der Waals surface area contributed by atoms with Crippen LogP contribution in [0.3, 0.4) is 0 Å². The summed E-state index contributed by atoms with van der Waals surface area (Å²) >= 11 is 0.320. The molecule has 3 aliphatic rings. The van der Waals surface area contributed by atoms with Gasteiger partial charge in [-0.15, -0.1) is 0 Å². The number of benzene rings is 2. The van der Waals surface area contributed by atoms with Crippen molar-refractivity contribution in [1.82, 2.24) is 0 Å². The number of fused-ring (bicyclic) bond motifs is 1. The van der Waals surface area contributed by atoms with Gasteiger partial charge < -0.3 is 0 Å². The van der Waals surface area contributed by atoms with E-state index in [0.717, 1.165) is 12.8 Å². The van der Waals surface area contributed by atoms with Crippen LogP contribution in [0.2, 0.25) is 0 Å². The Balaban J connectivity index is 1.60. The van der Waals surface area contributed by atoms with Gasteiger partial charge >= 0.3 is 192 Å². The van der Waals surface area contributed by atoms with Gasteiger partial charge in [0.15, 0.2) is 0 Å². The van der Waals surface area contributed by atoms with Gasteiger partial charge in [0.25, 0.3) is 0 Å². The summed E-state index contributed by atoms with van der Waals surface area (Å²) in [5.41, 5.74) is 9.70. The first-order valence-electron chi connectivity index (χ1n) is 10.8. The van der Waals surface area contributed by atoms with E-state index in [1.165, 1.54) is 38.0 Å². The zero-order valence-corrected chi connectivity index (χ0v) is 19.7. The van der Waals surface area contributed by atoms with Gasteiger partial charge in [0.1, 0.15) is 0 Å². The Morgan fingerprint density at radius 3 is 2.06 bits per heavy atom. The summed E-state index contributed by atoms with van der Waals surface area (Å²) in [6.45, 7) is 0. The number of allylic oxidation sites excluding steroid dienone is 11. The molecular weight excluding hydrogens is 441 g/mol. The first-order valence-corrected chi connectivity index (χ1v) is 12.5. The summed E-state index contributed by atoms with van der Waals surface area (Å²) in [6, 6.07) is 21.8. The van der Waals surface area contributed by atoms with Crippen LogP contribution in [0.1, 0.15) is 24.0 Å². The molecule has 0 atom stereocenters. The first-order chi connectivity index (χ1) is 15.2. The molecule has 0 amide bonds. The van der Waals surface area contributed by atoms with Gasteiger partial charge in [0.05, 0.1) is 0 Å². The number of hydrogen-bond donors (Lipinski definition) is 0. The van der Waals surface area contributed by atoms with Crippen LogP contribution in [0.5, 0.6) is 0 Å². The number of hydrogen-bond acceptors (Lipinski definition) is 0. The molecule has 0 aromatic heterocycles. The maximum atomic E-state index is 2.46. The fourth-order valence-electron chi connectivity index (χ4n) is 4.25. The molecule has 0 unspecified atom stereocenters. The Hall–Kier alpha value is -2.93. The molecule has 0 bridgehead atoms. The number of rotatable bonds is 3. The summed E-state index contributed by atoms with van der Waals surface area (Å²) in [5.74, 6) is 0. The molecule has 2 aromatic carbocycles. The third-order valence-electron chi connectivity index (χ3n) is 5.92. The summed E-state index contributed by atoms with van der Waals surface area (Å²) < 4.78 is 5.21. The van der Waals surface area contributed by atoms with Crippen molar-refractivity contribution >= 4 is 30.7 Å². The Bertz CT molecular complexity index is 1210. The molecule has 0 spiro atoms. The van der Waals surface area contributed by atoms with Gasteiger partial charge in [-0.25, -0.2) is 0 Å². The van der Waals surface area contributed by atoms with Crippen molar-refractivity contribution in [3.8, 4) is 0 Å². The van der Waals surface area contributed by atoms with Crippen LogP contribution in [0.4, 0.5) is 0 Å². The molecule has 152 valence electrons. The molecule has 1 nitrogen and oxygen atoms in total. The molecule has 0 fully saturated rings. The van der Waals surface area contributed by atoms with E-state index in [1.54, 1.807) is 10.0 Å². The van der Waals surface area contributed by atoms with Gasteiger partial charge in [-0.2, -0.15) is 0 Å². The van der Waals surface area contributed by atoms with Crippen LogP contribution < -0.4 is 0 Å². The molecule has 1 aliphatic heterocycles. The topological polar surface area (TPSA) is 3.01 Å². The van der Waals surface area contributed by atoms with Crippen LogP contribution in [0.15, 0.2) is 118 Å². The predicted octanol–water partition coefficient (Wildman–Crippen LogP) is 6.01. The van der Waals surface area contributed by atoms with Gasteiger partial charge in [-0.3, -0.25) is 0 Å². The molecule has 0 saturated carbocycles. The average Bonchev–Trinajstić information content (AvgIpc) is 3.22. The molecule has 5 rings (SSSR count). The van der Waals surface area contributed by atoms with Crippen LogP contribution >= 0.6 is 0 Å². The second-order valence-corrected chi connectivity index (χ2v) is 10.4. The Morgan fingerprint density at radius 2 is 1.42 bits per heavy atom. The summed E-state index contributed by atoms with van der Waals surface area (Å²) in [7, 11) is 4.18. The van der Waals surface area contributed by atoms with Gasteiger partial charge in [0.2, 0.25) is 0 Å². The van der Waals surface area contributed by atoms with E-state index in [9.17, 15) is 0 Å². The summed E-state index contributed by atoms with van der Waals surface area (Å²) in [5, 5.41) is 0. The second kappa shape index (κ2) is 8.67. The molecular formula is C29H26NSe+. The summed E-state index contributed by atoms with van der Waals surface area (Å²) in [4.78, 5) is 0. The van der Waals surface area contributed by atoms with Crippen LogP contribution in [0, 0.1) is 0 Å². The maximum absolute atomic E-state index is 2.46. The molecule has 31 heavy (non-hydrogen) atoms. The minimum absolute atomic E-state index is 0.320. The van der Waals surface area contributed by atoms with Crippen molar-refractivity contribution in [1.29, 1.82) is 0 Å². The number of nitrogens with zero attached hydrogens (tertiary/aromatic N) is 1. The van der Waals surface area contributed by atoms with Crippen molar-refractivity contribution in [2.24, 2.45) is 0 Å². The minimum atomic E-state index is 0.320. The fraction of sp³-hybridized carbons (Fsp3) is 0.138. The molecule has 2 heteroatoms. The molecule has 1 heterocycles. The zero-order chi connectivity index (χ0) is 21.2. The molecule has 2 aromatic rings. The van der Waals surface area contributed by atoms with Crippen LogP contribution in [-0.2, 0) is 0 Å². The zero-order valence-electron chi connectivity index (χ0n) is 18.0.